The number of non-ortho nitro benzene ring substituents is 1. The average Bonchev–Trinajstić information content (AvgIpc) is 2.94. The second-order valence-electron chi connectivity index (χ2n) is 4.13. The van der Waals surface area contributed by atoms with Crippen LogP contribution in [0.15, 0.2) is 40.6 Å². The first-order valence-corrected chi connectivity index (χ1v) is 6.77. The fourth-order valence-corrected chi connectivity index (χ4v) is 2.38. The molecule has 0 N–H and O–H groups in total. The van der Waals surface area contributed by atoms with Gasteiger partial charge in [0.1, 0.15) is 5.51 Å². The first-order chi connectivity index (χ1) is 10.1. The van der Waals surface area contributed by atoms with Crippen LogP contribution in [0.25, 0.3) is 17.1 Å². The summed E-state index contributed by atoms with van der Waals surface area (Å²) in [6.07, 6.45) is 3.42. The van der Waals surface area contributed by atoms with Crippen LogP contribution in [0.5, 0.6) is 0 Å². The Hall–Kier alpha value is -2.87. The van der Waals surface area contributed by atoms with Gasteiger partial charge in [-0.2, -0.15) is 9.61 Å². The van der Waals surface area contributed by atoms with Gasteiger partial charge in [-0.25, -0.2) is 4.98 Å². The highest BCUT2D eigenvalue weighted by atomic mass is 32.1. The number of nitro benzene ring substituents is 1. The Kier molecular flexibility index (Phi) is 3.28. The number of benzene rings is 1. The second kappa shape index (κ2) is 5.25. The Morgan fingerprint density at radius 1 is 1.24 bits per heavy atom. The first-order valence-electron chi connectivity index (χ1n) is 5.89. The van der Waals surface area contributed by atoms with Gasteiger partial charge in [0.05, 0.1) is 10.6 Å². The van der Waals surface area contributed by atoms with Crippen LogP contribution in [0, 0.1) is 10.1 Å². The van der Waals surface area contributed by atoms with Gasteiger partial charge in [-0.3, -0.25) is 14.9 Å². The highest BCUT2D eigenvalue weighted by Gasteiger charge is 2.03. The summed E-state index contributed by atoms with van der Waals surface area (Å²) in [5.41, 5.74) is 2.64. The van der Waals surface area contributed by atoms with Gasteiger partial charge >= 0.3 is 0 Å². The Bertz CT molecular complexity index is 896. The molecule has 8 heteroatoms. The second-order valence-corrected chi connectivity index (χ2v) is 4.95. The zero-order chi connectivity index (χ0) is 14.8. The molecule has 0 saturated heterocycles. The van der Waals surface area contributed by atoms with Crippen molar-refractivity contribution >= 4 is 34.1 Å². The third-order valence-corrected chi connectivity index (χ3v) is 3.43. The predicted octanol–water partition coefficient (Wildman–Crippen LogP) is 2.23. The molecule has 0 spiro atoms. The van der Waals surface area contributed by atoms with E-state index in [0.717, 1.165) is 5.56 Å². The lowest BCUT2D eigenvalue weighted by Crippen LogP contribution is -2.13. The van der Waals surface area contributed by atoms with Crippen molar-refractivity contribution in [1.82, 2.24) is 14.6 Å². The fourth-order valence-electron chi connectivity index (χ4n) is 1.75. The van der Waals surface area contributed by atoms with Crippen LogP contribution in [0.2, 0.25) is 0 Å². The van der Waals surface area contributed by atoms with Crippen LogP contribution < -0.4 is 5.56 Å². The van der Waals surface area contributed by atoms with Crippen molar-refractivity contribution in [3.05, 3.63) is 67.6 Å². The summed E-state index contributed by atoms with van der Waals surface area (Å²) in [5.74, 6) is 0. The minimum absolute atomic E-state index is 0.0367. The normalized spacial score (nSPS) is 11.2. The first kappa shape index (κ1) is 13.1. The van der Waals surface area contributed by atoms with Crippen molar-refractivity contribution in [2.45, 2.75) is 0 Å². The Morgan fingerprint density at radius 2 is 2.00 bits per heavy atom. The lowest BCUT2D eigenvalue weighted by atomic mass is 10.2. The van der Waals surface area contributed by atoms with Crippen molar-refractivity contribution in [2.75, 3.05) is 0 Å². The van der Waals surface area contributed by atoms with Crippen molar-refractivity contribution in [3.8, 4) is 0 Å². The monoisotopic (exact) mass is 300 g/mol. The molecule has 3 aromatic rings. The molecular formula is C13H8N4O3S. The van der Waals surface area contributed by atoms with Gasteiger partial charge in [0.2, 0.25) is 4.96 Å². The number of nitrogens with zero attached hydrogens (tertiary/aromatic N) is 4. The summed E-state index contributed by atoms with van der Waals surface area (Å²) in [4.78, 5) is 26.7. The molecule has 21 heavy (non-hydrogen) atoms. The number of fused-ring (bicyclic) bond motifs is 1. The van der Waals surface area contributed by atoms with Crippen LogP contribution in [0.3, 0.4) is 0 Å². The van der Waals surface area contributed by atoms with E-state index in [2.05, 4.69) is 10.1 Å². The Labute approximate surface area is 122 Å². The molecule has 0 bridgehead atoms. The van der Waals surface area contributed by atoms with Gasteiger partial charge in [-0.05, 0) is 23.8 Å². The van der Waals surface area contributed by atoms with E-state index in [9.17, 15) is 14.9 Å². The molecule has 7 nitrogen and oxygen atoms in total. The average molecular weight is 300 g/mol. The topological polar surface area (TPSA) is 90.4 Å². The molecule has 0 amide bonds. The van der Waals surface area contributed by atoms with E-state index in [-0.39, 0.29) is 11.2 Å². The van der Waals surface area contributed by atoms with Crippen LogP contribution in [-0.2, 0) is 0 Å². The molecule has 0 fully saturated rings. The van der Waals surface area contributed by atoms with Crippen molar-refractivity contribution in [1.29, 1.82) is 0 Å². The van der Waals surface area contributed by atoms with Gasteiger partial charge in [-0.1, -0.05) is 17.4 Å². The van der Waals surface area contributed by atoms with Crippen molar-refractivity contribution in [3.63, 3.8) is 0 Å². The van der Waals surface area contributed by atoms with Crippen LogP contribution in [0.1, 0.15) is 11.3 Å². The SMILES string of the molecule is O=c1cc(/C=C/c2ccc([N+](=O)[O-])cc2)nc2scnn12. The molecule has 0 saturated carbocycles. The fraction of sp³-hybridized carbons (Fsp3) is 0. The van der Waals surface area contributed by atoms with Gasteiger partial charge in [0.15, 0.2) is 0 Å². The quantitative estimate of drug-likeness (QED) is 0.546. The minimum Gasteiger partial charge on any atom is -0.267 e. The zero-order valence-corrected chi connectivity index (χ0v) is 11.4. The van der Waals surface area contributed by atoms with Crippen LogP contribution >= 0.6 is 11.3 Å². The molecule has 2 aromatic heterocycles. The molecule has 0 aliphatic heterocycles. The van der Waals surface area contributed by atoms with Crippen molar-refractivity contribution in [2.24, 2.45) is 0 Å². The standard InChI is InChI=1S/C13H8N4O3S/c18-12-7-10(15-13-16(12)14-8-21-13)4-1-9-2-5-11(6-3-9)17(19)20/h1-8H/b4-1+. The van der Waals surface area contributed by atoms with Crippen LogP contribution in [-0.4, -0.2) is 19.5 Å². The third-order valence-electron chi connectivity index (χ3n) is 2.76. The number of rotatable bonds is 3. The summed E-state index contributed by atoms with van der Waals surface area (Å²) in [7, 11) is 0. The van der Waals surface area contributed by atoms with E-state index in [1.807, 2.05) is 0 Å². The molecule has 0 aliphatic rings. The van der Waals surface area contributed by atoms with Gasteiger partial charge in [0.25, 0.3) is 11.2 Å². The van der Waals surface area contributed by atoms with Gasteiger partial charge in [-0.15, -0.1) is 0 Å². The lowest BCUT2D eigenvalue weighted by Gasteiger charge is -1.95. The number of nitro groups is 1. The predicted molar refractivity (Wildman–Crippen MR) is 79.2 cm³/mol. The molecule has 1 aromatic carbocycles. The molecule has 0 atom stereocenters. The van der Waals surface area contributed by atoms with Crippen LogP contribution in [0.4, 0.5) is 5.69 Å². The molecule has 2 heterocycles. The van der Waals surface area contributed by atoms with E-state index >= 15 is 0 Å². The molecule has 0 unspecified atom stereocenters. The number of hydrogen-bond acceptors (Lipinski definition) is 6. The summed E-state index contributed by atoms with van der Waals surface area (Å²) in [6, 6.07) is 7.50. The summed E-state index contributed by atoms with van der Waals surface area (Å²) < 4.78 is 1.23. The summed E-state index contributed by atoms with van der Waals surface area (Å²) in [5, 5.41) is 14.4. The van der Waals surface area contributed by atoms with E-state index in [4.69, 9.17) is 0 Å². The van der Waals surface area contributed by atoms with E-state index < -0.39 is 4.92 Å². The summed E-state index contributed by atoms with van der Waals surface area (Å²) >= 11 is 1.27. The minimum atomic E-state index is -0.451. The number of aromatic nitrogens is 3. The maximum absolute atomic E-state index is 11.7. The maximum Gasteiger partial charge on any atom is 0.275 e. The molecule has 0 aliphatic carbocycles. The van der Waals surface area contributed by atoms with Crippen molar-refractivity contribution < 1.29 is 4.92 Å². The molecule has 0 radical (unpaired) electrons. The third kappa shape index (κ3) is 2.70. The highest BCUT2D eigenvalue weighted by Crippen LogP contribution is 2.14. The smallest absolute Gasteiger partial charge is 0.267 e. The van der Waals surface area contributed by atoms with Gasteiger partial charge in [0, 0.05) is 18.2 Å². The van der Waals surface area contributed by atoms with Gasteiger partial charge < -0.3 is 0 Å². The Morgan fingerprint density at radius 3 is 2.71 bits per heavy atom. The Balaban J connectivity index is 1.90. The van der Waals surface area contributed by atoms with E-state index in [1.54, 1.807) is 29.8 Å². The summed E-state index contributed by atoms with van der Waals surface area (Å²) in [6.45, 7) is 0. The molecule has 104 valence electrons. The lowest BCUT2D eigenvalue weighted by molar-refractivity contribution is -0.384. The largest absolute Gasteiger partial charge is 0.275 e. The highest BCUT2D eigenvalue weighted by molar-refractivity contribution is 7.14. The number of hydrogen-bond donors (Lipinski definition) is 0. The van der Waals surface area contributed by atoms with E-state index in [0.29, 0.717) is 10.7 Å². The zero-order valence-electron chi connectivity index (χ0n) is 10.5. The molecular weight excluding hydrogens is 292 g/mol. The maximum atomic E-state index is 11.7. The molecule has 3 rings (SSSR count). The van der Waals surface area contributed by atoms with E-state index in [1.165, 1.54) is 34.1 Å².